The maximum absolute atomic E-state index is 13.3. The molecule has 4 N–H and O–H groups in total. The minimum absolute atomic E-state index is 0.265. The Labute approximate surface area is 209 Å². The average Bonchev–Trinajstić information content (AvgIpc) is 3.24. The van der Waals surface area contributed by atoms with E-state index in [1.807, 2.05) is 18.4 Å². The van der Waals surface area contributed by atoms with Crippen molar-refractivity contribution >= 4 is 42.0 Å². The number of carboxylic acid groups (broad SMARTS) is 1. The van der Waals surface area contributed by atoms with Gasteiger partial charge in [0.05, 0.1) is 0 Å². The van der Waals surface area contributed by atoms with Gasteiger partial charge < -0.3 is 21.1 Å². The number of thiol groups is 1. The number of aliphatic carboxylic acids is 1. The number of hydrogen-bond donors (Lipinski definition) is 5. The SMILES string of the molecule is CSCC[C@H](NC(=O)c1ccc(NC[C@H]2NCC[C@H]2S)cc1CCc1ccc(F)cc1)C(=O)O. The second-order valence-electron chi connectivity index (χ2n) is 8.44. The Kier molecular flexibility index (Phi) is 10.1. The van der Waals surface area contributed by atoms with Crippen LogP contribution in [-0.4, -0.2) is 59.4 Å². The van der Waals surface area contributed by atoms with E-state index in [4.69, 9.17) is 0 Å². The molecule has 0 radical (unpaired) electrons. The van der Waals surface area contributed by atoms with Crippen molar-refractivity contribution in [3.63, 3.8) is 0 Å². The fraction of sp³-hybridized carbons (Fsp3) is 0.440. The van der Waals surface area contributed by atoms with Crippen LogP contribution < -0.4 is 16.0 Å². The zero-order chi connectivity index (χ0) is 24.5. The monoisotopic (exact) mass is 505 g/mol. The molecule has 1 fully saturated rings. The third-order valence-electron chi connectivity index (χ3n) is 6.00. The standard InChI is InChI=1S/C25H32FN3O3S2/c1-34-13-11-21(25(31)32)29-24(30)20-9-8-19(28-15-22-23(33)10-12-27-22)14-17(20)5-2-16-3-6-18(26)7-4-16/h3-4,6-9,14,21-23,27-28,33H,2,5,10-13,15H2,1H3,(H,29,30)(H,31,32)/t21-,22+,23+/m0/s1. The van der Waals surface area contributed by atoms with Gasteiger partial charge in [-0.2, -0.15) is 24.4 Å². The van der Waals surface area contributed by atoms with Crippen molar-refractivity contribution in [3.05, 3.63) is 65.0 Å². The van der Waals surface area contributed by atoms with Crippen molar-refractivity contribution in [1.82, 2.24) is 10.6 Å². The van der Waals surface area contributed by atoms with Gasteiger partial charge in [-0.15, -0.1) is 0 Å². The van der Waals surface area contributed by atoms with E-state index in [1.54, 1.807) is 18.2 Å². The van der Waals surface area contributed by atoms with Crippen LogP contribution >= 0.6 is 24.4 Å². The first-order valence-corrected chi connectivity index (χ1v) is 13.3. The zero-order valence-electron chi connectivity index (χ0n) is 19.2. The predicted octanol–water partition coefficient (Wildman–Crippen LogP) is 3.62. The summed E-state index contributed by atoms with van der Waals surface area (Å²) in [5, 5.41) is 19.3. The van der Waals surface area contributed by atoms with Gasteiger partial charge in [-0.25, -0.2) is 9.18 Å². The third-order valence-corrected chi connectivity index (χ3v) is 7.26. The number of hydrogen-bond acceptors (Lipinski definition) is 6. The molecule has 0 aliphatic carbocycles. The van der Waals surface area contributed by atoms with Crippen LogP contribution in [0.4, 0.5) is 10.1 Å². The van der Waals surface area contributed by atoms with Crippen molar-refractivity contribution in [1.29, 1.82) is 0 Å². The Hall–Kier alpha value is -2.23. The van der Waals surface area contributed by atoms with E-state index in [0.717, 1.165) is 29.8 Å². The maximum atomic E-state index is 13.3. The molecule has 6 nitrogen and oxygen atoms in total. The molecule has 0 saturated carbocycles. The van der Waals surface area contributed by atoms with E-state index in [0.29, 0.717) is 42.4 Å². The fourth-order valence-corrected chi connectivity index (χ4v) is 4.79. The number of anilines is 1. The number of amides is 1. The van der Waals surface area contributed by atoms with Crippen LogP contribution in [0.2, 0.25) is 0 Å². The van der Waals surface area contributed by atoms with Crippen molar-refractivity contribution in [2.75, 3.05) is 30.4 Å². The topological polar surface area (TPSA) is 90.5 Å². The van der Waals surface area contributed by atoms with Crippen LogP contribution in [-0.2, 0) is 17.6 Å². The molecular weight excluding hydrogens is 473 g/mol. The quantitative estimate of drug-likeness (QED) is 0.283. The van der Waals surface area contributed by atoms with Gasteiger partial charge in [0.25, 0.3) is 5.91 Å². The number of rotatable bonds is 12. The molecule has 0 unspecified atom stereocenters. The second-order valence-corrected chi connectivity index (χ2v) is 10.1. The molecule has 1 aliphatic rings. The van der Waals surface area contributed by atoms with Gasteiger partial charge in [-0.1, -0.05) is 12.1 Å². The van der Waals surface area contributed by atoms with Crippen LogP contribution in [0, 0.1) is 5.82 Å². The lowest BCUT2D eigenvalue weighted by Crippen LogP contribution is -2.41. The van der Waals surface area contributed by atoms with Crippen LogP contribution in [0.3, 0.4) is 0 Å². The predicted molar refractivity (Wildman–Crippen MR) is 140 cm³/mol. The van der Waals surface area contributed by atoms with Gasteiger partial charge in [0, 0.05) is 29.1 Å². The van der Waals surface area contributed by atoms with E-state index in [2.05, 4.69) is 28.6 Å². The smallest absolute Gasteiger partial charge is 0.326 e. The summed E-state index contributed by atoms with van der Waals surface area (Å²) >= 11 is 6.16. The van der Waals surface area contributed by atoms with E-state index >= 15 is 0 Å². The maximum Gasteiger partial charge on any atom is 0.326 e. The second kappa shape index (κ2) is 13.0. The zero-order valence-corrected chi connectivity index (χ0v) is 20.9. The number of carbonyl (C=O) groups is 2. The Bertz CT molecular complexity index is 974. The molecule has 2 aromatic rings. The number of aryl methyl sites for hydroxylation is 2. The molecule has 3 atom stereocenters. The van der Waals surface area contributed by atoms with Crippen molar-refractivity contribution in [2.45, 2.75) is 43.0 Å². The molecule has 1 heterocycles. The number of carbonyl (C=O) groups excluding carboxylic acids is 1. The molecule has 3 rings (SSSR count). The normalized spacial score (nSPS) is 18.4. The van der Waals surface area contributed by atoms with Crippen LogP contribution in [0.25, 0.3) is 0 Å². The van der Waals surface area contributed by atoms with E-state index in [9.17, 15) is 19.1 Å². The van der Waals surface area contributed by atoms with Gasteiger partial charge in [0.1, 0.15) is 11.9 Å². The molecule has 0 spiro atoms. The summed E-state index contributed by atoms with van der Waals surface area (Å²) in [5.74, 6) is -1.09. The van der Waals surface area contributed by atoms with Gasteiger partial charge in [-0.05, 0) is 85.7 Å². The van der Waals surface area contributed by atoms with E-state index < -0.39 is 17.9 Å². The van der Waals surface area contributed by atoms with Crippen molar-refractivity contribution in [2.24, 2.45) is 0 Å². The number of thioether (sulfide) groups is 1. The van der Waals surface area contributed by atoms with Crippen LogP contribution in [0.5, 0.6) is 0 Å². The number of carboxylic acids is 1. The first-order chi connectivity index (χ1) is 16.4. The molecule has 34 heavy (non-hydrogen) atoms. The minimum Gasteiger partial charge on any atom is -0.480 e. The minimum atomic E-state index is -1.04. The van der Waals surface area contributed by atoms with Gasteiger partial charge in [0.15, 0.2) is 0 Å². The molecule has 1 saturated heterocycles. The highest BCUT2D eigenvalue weighted by Crippen LogP contribution is 2.21. The Morgan fingerprint density at radius 3 is 2.65 bits per heavy atom. The van der Waals surface area contributed by atoms with E-state index in [-0.39, 0.29) is 11.9 Å². The molecule has 1 amide bonds. The summed E-state index contributed by atoms with van der Waals surface area (Å²) in [7, 11) is 0. The molecule has 0 aromatic heterocycles. The lowest BCUT2D eigenvalue weighted by molar-refractivity contribution is -0.139. The molecule has 9 heteroatoms. The fourth-order valence-electron chi connectivity index (χ4n) is 3.98. The highest BCUT2D eigenvalue weighted by molar-refractivity contribution is 7.98. The van der Waals surface area contributed by atoms with Gasteiger partial charge in [0.2, 0.25) is 0 Å². The first kappa shape index (κ1) is 26.4. The number of benzene rings is 2. The Morgan fingerprint density at radius 2 is 2.00 bits per heavy atom. The largest absolute Gasteiger partial charge is 0.480 e. The summed E-state index contributed by atoms with van der Waals surface area (Å²) in [6, 6.07) is 11.2. The van der Waals surface area contributed by atoms with Crippen molar-refractivity contribution in [3.8, 4) is 0 Å². The van der Waals surface area contributed by atoms with Crippen LogP contribution in [0.15, 0.2) is 42.5 Å². The highest BCUT2D eigenvalue weighted by atomic mass is 32.2. The number of nitrogens with one attached hydrogen (secondary N) is 3. The van der Waals surface area contributed by atoms with E-state index in [1.165, 1.54) is 23.9 Å². The lowest BCUT2D eigenvalue weighted by atomic mass is 9.98. The van der Waals surface area contributed by atoms with Gasteiger partial charge in [-0.3, -0.25) is 4.79 Å². The molecule has 2 aromatic carbocycles. The summed E-state index contributed by atoms with van der Waals surface area (Å²) in [4.78, 5) is 24.7. The molecule has 1 aliphatic heterocycles. The molecule has 184 valence electrons. The van der Waals surface area contributed by atoms with Crippen molar-refractivity contribution < 1.29 is 19.1 Å². The summed E-state index contributed by atoms with van der Waals surface area (Å²) < 4.78 is 13.3. The summed E-state index contributed by atoms with van der Waals surface area (Å²) in [6.45, 7) is 1.66. The number of halogens is 1. The summed E-state index contributed by atoms with van der Waals surface area (Å²) in [5.41, 5.74) is 3.11. The lowest BCUT2D eigenvalue weighted by Gasteiger charge is -2.19. The average molecular weight is 506 g/mol. The first-order valence-electron chi connectivity index (χ1n) is 11.4. The Balaban J connectivity index is 1.77. The van der Waals surface area contributed by atoms with Gasteiger partial charge >= 0.3 is 5.97 Å². The molecule has 0 bridgehead atoms. The molecular formula is C25H32FN3O3S2. The summed E-state index contributed by atoms with van der Waals surface area (Å²) in [6.07, 6.45) is 4.47. The highest BCUT2D eigenvalue weighted by Gasteiger charge is 2.24. The third kappa shape index (κ3) is 7.65. The Morgan fingerprint density at radius 1 is 1.24 bits per heavy atom. The van der Waals surface area contributed by atoms with Crippen LogP contribution in [0.1, 0.15) is 34.3 Å².